The predicted octanol–water partition coefficient (Wildman–Crippen LogP) is 12.0. The molecule has 12 aromatic rings. The summed E-state index contributed by atoms with van der Waals surface area (Å²) in [5, 5.41) is 13.3. The van der Waals surface area contributed by atoms with E-state index in [1.165, 1.54) is 107 Å². The number of thiophene rings is 1. The van der Waals surface area contributed by atoms with Crippen LogP contribution in [0.15, 0.2) is 133 Å². The highest BCUT2D eigenvalue weighted by atomic mass is 32.1. The first-order chi connectivity index (χ1) is 22.3. The maximum atomic E-state index is 2.57. The number of aromatic nitrogens is 2. The molecule has 7 aromatic carbocycles. The fourth-order valence-electron chi connectivity index (χ4n) is 8.64. The van der Waals surface area contributed by atoms with Gasteiger partial charge in [-0.2, -0.15) is 0 Å². The van der Waals surface area contributed by atoms with Crippen LogP contribution in [0.2, 0.25) is 0 Å². The van der Waals surface area contributed by atoms with Crippen molar-refractivity contribution >= 4 is 108 Å². The van der Waals surface area contributed by atoms with Crippen LogP contribution >= 0.6 is 11.3 Å². The smallest absolute Gasteiger partial charge is 0.0627 e. The number of fused-ring (bicyclic) bond motifs is 16. The van der Waals surface area contributed by atoms with Gasteiger partial charge in [0.05, 0.1) is 33.1 Å². The molecule has 5 aromatic heterocycles. The molecule has 0 N–H and O–H groups in total. The van der Waals surface area contributed by atoms with Gasteiger partial charge in [0, 0.05) is 63.3 Å². The highest BCUT2D eigenvalue weighted by Gasteiger charge is 2.25. The quantitative estimate of drug-likeness (QED) is 0.181. The number of hydrogen-bond acceptors (Lipinski definition) is 1. The SMILES string of the molecule is c1ccc(-c2ccc3c4c5c(ccc4n4c6cc7c8cccc9c%10ccccc%10n(c7cc6c2c34)c98)sc2ccccc25)cc1. The number of para-hydroxylation sites is 2. The van der Waals surface area contributed by atoms with Gasteiger partial charge in [-0.1, -0.05) is 97.1 Å². The fraction of sp³-hybridized carbons (Fsp3) is 0. The molecule has 206 valence electrons. The first-order valence-corrected chi connectivity index (χ1v) is 16.4. The van der Waals surface area contributed by atoms with E-state index in [9.17, 15) is 0 Å². The van der Waals surface area contributed by atoms with E-state index in [4.69, 9.17) is 0 Å². The van der Waals surface area contributed by atoms with Gasteiger partial charge in [0.15, 0.2) is 0 Å². The molecule has 0 unspecified atom stereocenters. The van der Waals surface area contributed by atoms with Gasteiger partial charge in [0.2, 0.25) is 0 Å². The maximum Gasteiger partial charge on any atom is 0.0627 e. The van der Waals surface area contributed by atoms with Crippen LogP contribution in [0.25, 0.3) is 107 Å². The zero-order chi connectivity index (χ0) is 29.0. The van der Waals surface area contributed by atoms with Crippen molar-refractivity contribution in [2.24, 2.45) is 0 Å². The van der Waals surface area contributed by atoms with E-state index in [0.29, 0.717) is 0 Å². The van der Waals surface area contributed by atoms with Crippen LogP contribution in [0.1, 0.15) is 0 Å². The zero-order valence-corrected chi connectivity index (χ0v) is 24.8. The Bertz CT molecular complexity index is 3190. The molecule has 3 heteroatoms. The number of rotatable bonds is 1. The van der Waals surface area contributed by atoms with Gasteiger partial charge in [0.1, 0.15) is 0 Å². The van der Waals surface area contributed by atoms with Crippen molar-refractivity contribution in [3.8, 4) is 11.1 Å². The Kier molecular flexibility index (Phi) is 3.91. The zero-order valence-electron chi connectivity index (χ0n) is 24.0. The summed E-state index contributed by atoms with van der Waals surface area (Å²) in [6.07, 6.45) is 0. The largest absolute Gasteiger partial charge is 0.308 e. The molecule has 0 amide bonds. The van der Waals surface area contributed by atoms with E-state index in [1.807, 2.05) is 11.3 Å². The van der Waals surface area contributed by atoms with Crippen molar-refractivity contribution in [3.05, 3.63) is 133 Å². The van der Waals surface area contributed by atoms with Crippen molar-refractivity contribution in [1.29, 1.82) is 0 Å². The summed E-state index contributed by atoms with van der Waals surface area (Å²) in [6.45, 7) is 0. The molecule has 0 aliphatic heterocycles. The average molecular weight is 587 g/mol. The lowest BCUT2D eigenvalue weighted by molar-refractivity contribution is 1.36. The Balaban J connectivity index is 1.37. The van der Waals surface area contributed by atoms with Crippen LogP contribution in [0, 0.1) is 0 Å². The minimum absolute atomic E-state index is 1.25. The van der Waals surface area contributed by atoms with E-state index >= 15 is 0 Å². The summed E-state index contributed by atoms with van der Waals surface area (Å²) in [5.41, 5.74) is 10.3. The second-order valence-electron chi connectivity index (χ2n) is 12.5. The fourth-order valence-corrected chi connectivity index (χ4v) is 9.75. The first-order valence-electron chi connectivity index (χ1n) is 15.5. The molecule has 0 aliphatic rings. The molecule has 0 bridgehead atoms. The standard InChI is InChI=1S/C42H22N2S/c1-2-9-23(10-3-1)24-17-18-29-39-33(19-20-37-40(39)28-12-5-7-16-36(28)45-37)44-35-21-30-27-14-8-13-26-25-11-4-6-15-32(25)43(41(26)27)34(30)22-31(35)38(24)42(29)44/h1-22H. The van der Waals surface area contributed by atoms with Gasteiger partial charge in [-0.05, 0) is 47.5 Å². The molecular weight excluding hydrogens is 565 g/mol. The molecule has 0 spiro atoms. The predicted molar refractivity (Wildman–Crippen MR) is 194 cm³/mol. The number of nitrogens with zero attached hydrogens (tertiary/aromatic N) is 2. The van der Waals surface area contributed by atoms with Crippen molar-refractivity contribution in [2.75, 3.05) is 0 Å². The summed E-state index contributed by atoms with van der Waals surface area (Å²) in [4.78, 5) is 0. The summed E-state index contributed by atoms with van der Waals surface area (Å²) in [6, 6.07) is 49.9. The monoisotopic (exact) mass is 586 g/mol. The summed E-state index contributed by atoms with van der Waals surface area (Å²) in [7, 11) is 0. The molecule has 0 aliphatic carbocycles. The Morgan fingerprint density at radius 2 is 1.07 bits per heavy atom. The van der Waals surface area contributed by atoms with Gasteiger partial charge < -0.3 is 8.80 Å². The molecule has 12 rings (SSSR count). The summed E-state index contributed by atoms with van der Waals surface area (Å²) >= 11 is 1.90. The van der Waals surface area contributed by atoms with Crippen LogP contribution in [0.4, 0.5) is 0 Å². The third-order valence-corrected chi connectivity index (χ3v) is 11.5. The lowest BCUT2D eigenvalue weighted by atomic mass is 9.96. The lowest BCUT2D eigenvalue weighted by Gasteiger charge is -2.06. The van der Waals surface area contributed by atoms with Crippen LogP contribution in [0.3, 0.4) is 0 Å². The number of hydrogen-bond donors (Lipinski definition) is 0. The van der Waals surface area contributed by atoms with Gasteiger partial charge in [-0.15, -0.1) is 11.3 Å². The highest BCUT2D eigenvalue weighted by Crippen LogP contribution is 2.49. The molecule has 0 fully saturated rings. The van der Waals surface area contributed by atoms with Crippen molar-refractivity contribution in [1.82, 2.24) is 8.80 Å². The van der Waals surface area contributed by atoms with Crippen molar-refractivity contribution in [2.45, 2.75) is 0 Å². The third kappa shape index (κ3) is 2.57. The van der Waals surface area contributed by atoms with E-state index in [0.717, 1.165) is 0 Å². The van der Waals surface area contributed by atoms with Crippen molar-refractivity contribution < 1.29 is 0 Å². The third-order valence-electron chi connectivity index (χ3n) is 10.4. The van der Waals surface area contributed by atoms with Gasteiger partial charge >= 0.3 is 0 Å². The Labute approximate surface area is 260 Å². The van der Waals surface area contributed by atoms with Gasteiger partial charge in [-0.25, -0.2) is 0 Å². The molecule has 45 heavy (non-hydrogen) atoms. The molecular formula is C42H22N2S. The molecule has 0 saturated heterocycles. The number of benzene rings is 7. The van der Waals surface area contributed by atoms with E-state index < -0.39 is 0 Å². The Morgan fingerprint density at radius 3 is 1.98 bits per heavy atom. The highest BCUT2D eigenvalue weighted by molar-refractivity contribution is 7.26. The first kappa shape index (κ1) is 22.8. The molecule has 0 saturated carbocycles. The van der Waals surface area contributed by atoms with Gasteiger partial charge in [0.25, 0.3) is 0 Å². The van der Waals surface area contributed by atoms with E-state index in [-0.39, 0.29) is 0 Å². The summed E-state index contributed by atoms with van der Waals surface area (Å²) < 4.78 is 7.77. The van der Waals surface area contributed by atoms with Crippen LogP contribution < -0.4 is 0 Å². The van der Waals surface area contributed by atoms with Crippen LogP contribution in [-0.4, -0.2) is 8.80 Å². The topological polar surface area (TPSA) is 8.82 Å². The summed E-state index contributed by atoms with van der Waals surface area (Å²) in [5.74, 6) is 0. The molecule has 0 radical (unpaired) electrons. The van der Waals surface area contributed by atoms with E-state index in [2.05, 4.69) is 142 Å². The Morgan fingerprint density at radius 1 is 0.356 bits per heavy atom. The lowest BCUT2D eigenvalue weighted by Crippen LogP contribution is -1.83. The molecule has 0 atom stereocenters. The molecule has 2 nitrogen and oxygen atoms in total. The van der Waals surface area contributed by atoms with E-state index in [1.54, 1.807) is 0 Å². The second-order valence-corrected chi connectivity index (χ2v) is 13.5. The second kappa shape index (κ2) is 7.71. The maximum absolute atomic E-state index is 2.57. The molecule has 5 heterocycles. The van der Waals surface area contributed by atoms with Crippen molar-refractivity contribution in [3.63, 3.8) is 0 Å². The average Bonchev–Trinajstić information content (AvgIpc) is 3.88. The Hall–Kier alpha value is -5.64. The van der Waals surface area contributed by atoms with Gasteiger partial charge in [-0.3, -0.25) is 0 Å². The minimum atomic E-state index is 1.25. The normalized spacial score (nSPS) is 12.9. The minimum Gasteiger partial charge on any atom is -0.308 e. The van der Waals surface area contributed by atoms with Crippen LogP contribution in [0.5, 0.6) is 0 Å². The van der Waals surface area contributed by atoms with Crippen LogP contribution in [-0.2, 0) is 0 Å².